The van der Waals surface area contributed by atoms with Crippen LogP contribution in [-0.4, -0.2) is 30.6 Å². The fourth-order valence-electron chi connectivity index (χ4n) is 0.907. The van der Waals surface area contributed by atoms with Crippen LogP contribution < -0.4 is 0 Å². The molecule has 2 nitrogen and oxygen atoms in total. The molecule has 0 saturated carbocycles. The summed E-state index contributed by atoms with van der Waals surface area (Å²) < 4.78 is 0. The predicted molar refractivity (Wildman–Crippen MR) is 60.5 cm³/mol. The lowest BCUT2D eigenvalue weighted by Crippen LogP contribution is -2.13. The molecule has 13 heavy (non-hydrogen) atoms. The van der Waals surface area contributed by atoms with Crippen LogP contribution in [0, 0.1) is 0 Å². The van der Waals surface area contributed by atoms with Crippen molar-refractivity contribution in [1.29, 1.82) is 0 Å². The average Bonchev–Trinajstić information content (AvgIpc) is 2.17. The number of nitrogens with zero attached hydrogens (tertiary/aromatic N) is 2. The second kappa shape index (κ2) is 5.65. The van der Waals surface area contributed by atoms with Gasteiger partial charge in [0.1, 0.15) is 0 Å². The largest absolute Gasteiger partial charge is 0.299 e. The van der Waals surface area contributed by atoms with E-state index in [1.807, 2.05) is 48.6 Å². The predicted octanol–water partition coefficient (Wildman–Crippen LogP) is 1.88. The summed E-state index contributed by atoms with van der Waals surface area (Å²) in [5, 5.41) is 6.12. The highest BCUT2D eigenvalue weighted by Gasteiger charge is 1.88. The third-order valence-electron chi connectivity index (χ3n) is 1.63. The first-order chi connectivity index (χ1) is 6.33. The topological polar surface area (TPSA) is 15.6 Å². The van der Waals surface area contributed by atoms with Crippen molar-refractivity contribution in [3.8, 4) is 0 Å². The Morgan fingerprint density at radius 1 is 1.38 bits per heavy atom. The molecule has 0 saturated heterocycles. The molecule has 0 aliphatic heterocycles. The third-order valence-corrected chi connectivity index (χ3v) is 1.83. The van der Waals surface area contributed by atoms with E-state index in [9.17, 15) is 0 Å². The van der Waals surface area contributed by atoms with E-state index in [0.29, 0.717) is 0 Å². The lowest BCUT2D eigenvalue weighted by Gasteiger charge is -2.09. The molecular formula is C10H14N2S. The van der Waals surface area contributed by atoms with E-state index in [4.69, 9.17) is 0 Å². The Morgan fingerprint density at radius 3 is 2.69 bits per heavy atom. The molecule has 3 heteroatoms. The minimum atomic E-state index is 0.822. The van der Waals surface area contributed by atoms with Crippen molar-refractivity contribution in [2.75, 3.05) is 19.3 Å². The highest BCUT2D eigenvalue weighted by molar-refractivity contribution is 7.80. The van der Waals surface area contributed by atoms with Crippen molar-refractivity contribution in [2.45, 2.75) is 0 Å². The summed E-state index contributed by atoms with van der Waals surface area (Å²) in [7, 11) is 1.94. The van der Waals surface area contributed by atoms with Gasteiger partial charge in [-0.15, -0.1) is 0 Å². The van der Waals surface area contributed by atoms with E-state index >= 15 is 0 Å². The van der Waals surface area contributed by atoms with Gasteiger partial charge in [0.15, 0.2) is 0 Å². The lowest BCUT2D eigenvalue weighted by atomic mass is 10.2. The van der Waals surface area contributed by atoms with Gasteiger partial charge in [-0.2, -0.15) is 17.7 Å². The molecule has 0 bridgehead atoms. The van der Waals surface area contributed by atoms with E-state index < -0.39 is 0 Å². The maximum Gasteiger partial charge on any atom is 0.0542 e. The standard InChI is InChI=1S/C10H14N2S/c1-12(7-8-13)11-9-10-5-3-2-4-6-10/h2-6,9,13H,7-8H2,1H3/b11-9+. The molecule has 0 radical (unpaired) electrons. The zero-order valence-electron chi connectivity index (χ0n) is 7.72. The molecule has 1 aromatic carbocycles. The van der Waals surface area contributed by atoms with Gasteiger partial charge in [-0.1, -0.05) is 30.3 Å². The maximum absolute atomic E-state index is 4.24. The Labute approximate surface area is 84.7 Å². The molecule has 0 aliphatic carbocycles. The molecule has 0 aliphatic rings. The van der Waals surface area contributed by atoms with E-state index in [2.05, 4.69) is 17.7 Å². The van der Waals surface area contributed by atoms with Crippen LogP contribution in [0.2, 0.25) is 0 Å². The summed E-state index contributed by atoms with van der Waals surface area (Å²) >= 11 is 4.12. The summed E-state index contributed by atoms with van der Waals surface area (Å²) in [6.07, 6.45) is 1.85. The maximum atomic E-state index is 4.24. The molecule has 0 spiro atoms. The summed E-state index contributed by atoms with van der Waals surface area (Å²) in [4.78, 5) is 0. The molecule has 0 atom stereocenters. The highest BCUT2D eigenvalue weighted by atomic mass is 32.1. The lowest BCUT2D eigenvalue weighted by molar-refractivity contribution is 0.381. The molecule has 0 aromatic heterocycles. The zero-order chi connectivity index (χ0) is 9.52. The number of hydrogen-bond donors (Lipinski definition) is 1. The van der Waals surface area contributed by atoms with Crippen LogP contribution in [0.25, 0.3) is 0 Å². The fourth-order valence-corrected chi connectivity index (χ4v) is 1.20. The van der Waals surface area contributed by atoms with E-state index in [1.165, 1.54) is 0 Å². The number of hydrazone groups is 1. The van der Waals surface area contributed by atoms with E-state index in [-0.39, 0.29) is 0 Å². The molecule has 0 unspecified atom stereocenters. The second-order valence-electron chi connectivity index (χ2n) is 2.76. The van der Waals surface area contributed by atoms with Crippen molar-refractivity contribution in [1.82, 2.24) is 5.01 Å². The Bertz CT molecular complexity index is 259. The summed E-state index contributed by atoms with van der Waals surface area (Å²) in [6, 6.07) is 10.0. The summed E-state index contributed by atoms with van der Waals surface area (Å²) in [6.45, 7) is 0.868. The molecule has 0 N–H and O–H groups in total. The van der Waals surface area contributed by atoms with Crippen LogP contribution in [0.3, 0.4) is 0 Å². The van der Waals surface area contributed by atoms with E-state index in [1.54, 1.807) is 0 Å². The molecule has 1 aromatic rings. The van der Waals surface area contributed by atoms with Gasteiger partial charge in [0.2, 0.25) is 0 Å². The minimum absolute atomic E-state index is 0.822. The van der Waals surface area contributed by atoms with Gasteiger partial charge in [0.25, 0.3) is 0 Å². The minimum Gasteiger partial charge on any atom is -0.299 e. The smallest absolute Gasteiger partial charge is 0.0542 e. The van der Waals surface area contributed by atoms with Crippen LogP contribution >= 0.6 is 12.6 Å². The fraction of sp³-hybridized carbons (Fsp3) is 0.300. The van der Waals surface area contributed by atoms with Crippen molar-refractivity contribution in [3.05, 3.63) is 35.9 Å². The molecule has 0 heterocycles. The molecule has 0 amide bonds. The second-order valence-corrected chi connectivity index (χ2v) is 3.21. The monoisotopic (exact) mass is 194 g/mol. The first kappa shape index (κ1) is 10.1. The number of benzene rings is 1. The van der Waals surface area contributed by atoms with Gasteiger partial charge in [0, 0.05) is 19.3 Å². The Hall–Kier alpha value is -0.960. The number of thiol groups is 1. The molecule has 70 valence electrons. The van der Waals surface area contributed by atoms with E-state index in [0.717, 1.165) is 17.9 Å². The van der Waals surface area contributed by atoms with Crippen molar-refractivity contribution in [2.24, 2.45) is 5.10 Å². The normalized spacial score (nSPS) is 10.6. The van der Waals surface area contributed by atoms with Gasteiger partial charge in [-0.25, -0.2) is 0 Å². The number of rotatable bonds is 4. The van der Waals surface area contributed by atoms with Gasteiger partial charge in [-0.3, -0.25) is 5.01 Å². The van der Waals surface area contributed by atoms with Crippen LogP contribution in [0.1, 0.15) is 5.56 Å². The SMILES string of the molecule is CN(CCS)/N=C/c1ccccc1. The third kappa shape index (κ3) is 3.99. The Morgan fingerprint density at radius 2 is 2.08 bits per heavy atom. The van der Waals surface area contributed by atoms with Crippen molar-refractivity contribution < 1.29 is 0 Å². The van der Waals surface area contributed by atoms with Crippen LogP contribution in [-0.2, 0) is 0 Å². The van der Waals surface area contributed by atoms with Crippen molar-refractivity contribution in [3.63, 3.8) is 0 Å². The van der Waals surface area contributed by atoms with Crippen LogP contribution in [0.5, 0.6) is 0 Å². The van der Waals surface area contributed by atoms with Gasteiger partial charge >= 0.3 is 0 Å². The van der Waals surface area contributed by atoms with Crippen molar-refractivity contribution >= 4 is 18.8 Å². The zero-order valence-corrected chi connectivity index (χ0v) is 8.61. The van der Waals surface area contributed by atoms with Gasteiger partial charge in [-0.05, 0) is 5.56 Å². The Balaban J connectivity index is 2.49. The van der Waals surface area contributed by atoms with Crippen LogP contribution in [0.15, 0.2) is 35.4 Å². The first-order valence-electron chi connectivity index (χ1n) is 4.24. The molecule has 1 rings (SSSR count). The summed E-state index contributed by atoms with van der Waals surface area (Å²) in [5.74, 6) is 0.822. The molecule has 0 fully saturated rings. The van der Waals surface area contributed by atoms with Crippen LogP contribution in [0.4, 0.5) is 0 Å². The van der Waals surface area contributed by atoms with Gasteiger partial charge < -0.3 is 0 Å². The van der Waals surface area contributed by atoms with Gasteiger partial charge in [0.05, 0.1) is 6.21 Å². The number of hydrogen-bond acceptors (Lipinski definition) is 3. The molecular weight excluding hydrogens is 180 g/mol. The average molecular weight is 194 g/mol. The highest BCUT2D eigenvalue weighted by Crippen LogP contribution is 1.94. The first-order valence-corrected chi connectivity index (χ1v) is 4.87. The quantitative estimate of drug-likeness (QED) is 0.439. The Kier molecular flexibility index (Phi) is 4.40. The summed E-state index contributed by atoms with van der Waals surface area (Å²) in [5.41, 5.74) is 1.12.